The molecule has 0 aliphatic carbocycles. The van der Waals surface area contributed by atoms with Crippen LogP contribution in [0, 0.1) is 5.92 Å². The van der Waals surface area contributed by atoms with Crippen molar-refractivity contribution in [3.8, 4) is 0 Å². The lowest BCUT2D eigenvalue weighted by molar-refractivity contribution is 0.0159. The van der Waals surface area contributed by atoms with Crippen molar-refractivity contribution in [2.75, 3.05) is 25.6 Å². The van der Waals surface area contributed by atoms with Gasteiger partial charge >= 0.3 is 0 Å². The van der Waals surface area contributed by atoms with Gasteiger partial charge in [-0.3, -0.25) is 4.98 Å². The van der Waals surface area contributed by atoms with E-state index in [2.05, 4.69) is 4.98 Å². The fraction of sp³-hybridized carbons (Fsp3) is 0.438. The highest BCUT2D eigenvalue weighted by atomic mass is 16.5. The van der Waals surface area contributed by atoms with Crippen molar-refractivity contribution in [3.05, 3.63) is 36.0 Å². The van der Waals surface area contributed by atoms with Crippen LogP contribution >= 0.6 is 0 Å². The van der Waals surface area contributed by atoms with Crippen molar-refractivity contribution in [2.45, 2.75) is 19.4 Å². The zero-order valence-electron chi connectivity index (χ0n) is 11.5. The van der Waals surface area contributed by atoms with Crippen molar-refractivity contribution < 1.29 is 9.47 Å². The van der Waals surface area contributed by atoms with Crippen LogP contribution in [0.15, 0.2) is 30.5 Å². The maximum absolute atomic E-state index is 5.98. The molecule has 106 valence electrons. The summed E-state index contributed by atoms with van der Waals surface area (Å²) < 4.78 is 11.2. The fourth-order valence-electron chi connectivity index (χ4n) is 2.62. The Morgan fingerprint density at radius 1 is 1.25 bits per heavy atom. The van der Waals surface area contributed by atoms with Crippen LogP contribution in [0.3, 0.4) is 0 Å². The Balaban J connectivity index is 1.67. The van der Waals surface area contributed by atoms with Gasteiger partial charge in [0.05, 0.1) is 18.7 Å². The minimum Gasteiger partial charge on any atom is -0.398 e. The summed E-state index contributed by atoms with van der Waals surface area (Å²) in [6.07, 6.45) is 3.99. The molecule has 0 bridgehead atoms. The van der Waals surface area contributed by atoms with Gasteiger partial charge in [0.25, 0.3) is 0 Å². The van der Waals surface area contributed by atoms with Gasteiger partial charge in [0.15, 0.2) is 0 Å². The van der Waals surface area contributed by atoms with E-state index in [1.54, 1.807) is 6.20 Å². The molecule has 2 N–H and O–H groups in total. The average Bonchev–Trinajstić information content (AvgIpc) is 2.51. The molecule has 0 spiro atoms. The fourth-order valence-corrected chi connectivity index (χ4v) is 2.62. The van der Waals surface area contributed by atoms with E-state index in [0.717, 1.165) is 54.8 Å². The third-order valence-corrected chi connectivity index (χ3v) is 3.84. The second-order valence-electron chi connectivity index (χ2n) is 5.28. The Morgan fingerprint density at radius 3 is 2.95 bits per heavy atom. The second-order valence-corrected chi connectivity index (χ2v) is 5.28. The van der Waals surface area contributed by atoms with Gasteiger partial charge in [-0.15, -0.1) is 0 Å². The molecule has 1 saturated heterocycles. The quantitative estimate of drug-likeness (QED) is 0.869. The van der Waals surface area contributed by atoms with Gasteiger partial charge in [-0.2, -0.15) is 0 Å². The van der Waals surface area contributed by atoms with Gasteiger partial charge in [-0.25, -0.2) is 0 Å². The van der Waals surface area contributed by atoms with Crippen LogP contribution in [0.1, 0.15) is 18.4 Å². The van der Waals surface area contributed by atoms with Gasteiger partial charge < -0.3 is 15.2 Å². The molecular weight excluding hydrogens is 252 g/mol. The molecule has 1 aromatic carbocycles. The molecule has 0 unspecified atom stereocenters. The van der Waals surface area contributed by atoms with Crippen molar-refractivity contribution >= 4 is 16.6 Å². The highest BCUT2D eigenvalue weighted by Gasteiger charge is 2.14. The molecule has 2 heterocycles. The number of fused-ring (bicyclic) bond motifs is 1. The summed E-state index contributed by atoms with van der Waals surface area (Å²) in [5.74, 6) is 0.622. The minimum absolute atomic E-state index is 0.588. The summed E-state index contributed by atoms with van der Waals surface area (Å²) in [6.45, 7) is 3.11. The number of ether oxygens (including phenoxy) is 2. The monoisotopic (exact) mass is 272 g/mol. The Bertz CT molecular complexity index is 580. The summed E-state index contributed by atoms with van der Waals surface area (Å²) in [4.78, 5) is 4.43. The SMILES string of the molecule is Nc1ccc(COCC2CCOCC2)c2ncccc12. The molecule has 2 aromatic rings. The number of pyridine rings is 1. The first-order chi connectivity index (χ1) is 9.84. The lowest BCUT2D eigenvalue weighted by Crippen LogP contribution is -2.20. The summed E-state index contributed by atoms with van der Waals surface area (Å²) >= 11 is 0. The largest absolute Gasteiger partial charge is 0.398 e. The molecule has 0 atom stereocenters. The Labute approximate surface area is 118 Å². The van der Waals surface area contributed by atoms with E-state index in [9.17, 15) is 0 Å². The van der Waals surface area contributed by atoms with E-state index in [-0.39, 0.29) is 0 Å². The van der Waals surface area contributed by atoms with Crippen LogP contribution in [0.5, 0.6) is 0 Å². The number of aromatic nitrogens is 1. The molecule has 1 fully saturated rings. The minimum atomic E-state index is 0.588. The highest BCUT2D eigenvalue weighted by molar-refractivity contribution is 5.92. The van der Waals surface area contributed by atoms with E-state index in [4.69, 9.17) is 15.2 Å². The number of hydrogen-bond acceptors (Lipinski definition) is 4. The molecule has 3 rings (SSSR count). The third-order valence-electron chi connectivity index (χ3n) is 3.84. The van der Waals surface area contributed by atoms with Gasteiger partial charge in [-0.1, -0.05) is 6.07 Å². The number of nitrogens with two attached hydrogens (primary N) is 1. The number of nitrogen functional groups attached to an aromatic ring is 1. The van der Waals surface area contributed by atoms with Crippen molar-refractivity contribution in [1.82, 2.24) is 4.98 Å². The first kappa shape index (κ1) is 13.3. The lowest BCUT2D eigenvalue weighted by atomic mass is 10.0. The molecular formula is C16H20N2O2. The molecule has 0 amide bonds. The standard InChI is InChI=1S/C16H20N2O2/c17-15-4-3-13(16-14(15)2-1-7-18-16)11-20-10-12-5-8-19-9-6-12/h1-4,7,12H,5-6,8-11,17H2. The topological polar surface area (TPSA) is 57.4 Å². The second kappa shape index (κ2) is 6.20. The van der Waals surface area contributed by atoms with E-state index in [1.165, 1.54) is 0 Å². The van der Waals surface area contributed by atoms with Gasteiger partial charge in [0, 0.05) is 36.0 Å². The van der Waals surface area contributed by atoms with Gasteiger partial charge in [-0.05, 0) is 37.0 Å². The summed E-state index contributed by atoms with van der Waals surface area (Å²) in [5.41, 5.74) is 8.78. The van der Waals surface area contributed by atoms with Gasteiger partial charge in [0.1, 0.15) is 0 Å². The summed E-state index contributed by atoms with van der Waals surface area (Å²) in [7, 11) is 0. The molecule has 20 heavy (non-hydrogen) atoms. The van der Waals surface area contributed by atoms with E-state index in [1.807, 2.05) is 24.3 Å². The zero-order valence-corrected chi connectivity index (χ0v) is 11.5. The van der Waals surface area contributed by atoms with Crippen molar-refractivity contribution in [3.63, 3.8) is 0 Å². The number of rotatable bonds is 4. The van der Waals surface area contributed by atoms with Crippen LogP contribution in [0.25, 0.3) is 10.9 Å². The summed E-state index contributed by atoms with van der Waals surface area (Å²) in [5, 5.41) is 1.000. The Hall–Kier alpha value is -1.65. The third kappa shape index (κ3) is 2.92. The first-order valence-corrected chi connectivity index (χ1v) is 7.12. The Kier molecular flexibility index (Phi) is 4.14. The van der Waals surface area contributed by atoms with Crippen LogP contribution in [0.4, 0.5) is 5.69 Å². The van der Waals surface area contributed by atoms with Crippen LogP contribution in [-0.4, -0.2) is 24.8 Å². The highest BCUT2D eigenvalue weighted by Crippen LogP contribution is 2.23. The molecule has 1 aromatic heterocycles. The molecule has 4 nitrogen and oxygen atoms in total. The maximum Gasteiger partial charge on any atom is 0.0777 e. The smallest absolute Gasteiger partial charge is 0.0777 e. The lowest BCUT2D eigenvalue weighted by Gasteiger charge is -2.21. The number of nitrogens with zero attached hydrogens (tertiary/aromatic N) is 1. The maximum atomic E-state index is 5.98. The van der Waals surface area contributed by atoms with Crippen LogP contribution in [-0.2, 0) is 16.1 Å². The normalized spacial score (nSPS) is 16.6. The number of anilines is 1. The predicted octanol–water partition coefficient (Wildman–Crippen LogP) is 2.76. The Morgan fingerprint density at radius 2 is 2.10 bits per heavy atom. The van der Waals surface area contributed by atoms with E-state index in [0.29, 0.717) is 12.5 Å². The first-order valence-electron chi connectivity index (χ1n) is 7.12. The average molecular weight is 272 g/mol. The summed E-state index contributed by atoms with van der Waals surface area (Å²) in [6, 6.07) is 7.84. The van der Waals surface area contributed by atoms with E-state index < -0.39 is 0 Å². The van der Waals surface area contributed by atoms with Crippen molar-refractivity contribution in [1.29, 1.82) is 0 Å². The van der Waals surface area contributed by atoms with Gasteiger partial charge in [0.2, 0.25) is 0 Å². The molecule has 0 saturated carbocycles. The van der Waals surface area contributed by atoms with Crippen molar-refractivity contribution in [2.24, 2.45) is 5.92 Å². The molecule has 0 radical (unpaired) electrons. The predicted molar refractivity (Wildman–Crippen MR) is 79.4 cm³/mol. The molecule has 1 aliphatic rings. The van der Waals surface area contributed by atoms with Crippen LogP contribution in [0.2, 0.25) is 0 Å². The molecule has 4 heteroatoms. The number of benzene rings is 1. The number of hydrogen-bond donors (Lipinski definition) is 1. The molecule has 1 aliphatic heterocycles. The van der Waals surface area contributed by atoms with E-state index >= 15 is 0 Å². The zero-order chi connectivity index (χ0) is 13.8. The van der Waals surface area contributed by atoms with Crippen LogP contribution < -0.4 is 5.73 Å².